The van der Waals surface area contributed by atoms with Gasteiger partial charge in [0.25, 0.3) is 6.47 Å². The Bertz CT molecular complexity index is 98.9. The number of rotatable bonds is 0. The highest BCUT2D eigenvalue weighted by Crippen LogP contribution is 1.53. The van der Waals surface area contributed by atoms with E-state index in [0.29, 0.717) is 0 Å². The number of hydrogen-bond acceptors (Lipinski definition) is 3. The smallest absolute Gasteiger partial charge is 0.290 e. The van der Waals surface area contributed by atoms with Crippen LogP contribution in [-0.2, 0) is 4.79 Å². The Kier molecular flexibility index (Phi) is 4.64. The summed E-state index contributed by atoms with van der Waals surface area (Å²) in [7, 11) is 0. The normalized spacial score (nSPS) is 6.50. The van der Waals surface area contributed by atoms with E-state index in [0.717, 1.165) is 0 Å². The Labute approximate surface area is 45.4 Å². The molecule has 5 heteroatoms. The lowest BCUT2D eigenvalue weighted by molar-refractivity contribution is -0.122. The number of nitrogens with one attached hydrogen (secondary N) is 1. The zero-order chi connectivity index (χ0) is 6.24. The Hall–Kier alpha value is -1.39. The number of aromatic nitrogens is 3. The highest BCUT2D eigenvalue weighted by Gasteiger charge is 1.57. The first-order valence-corrected chi connectivity index (χ1v) is 1.78. The molecular formula is C3H5N3O2. The third-order valence-electron chi connectivity index (χ3n) is 0.331. The van der Waals surface area contributed by atoms with Crippen LogP contribution in [0.4, 0.5) is 0 Å². The van der Waals surface area contributed by atoms with Crippen molar-refractivity contribution >= 4 is 6.47 Å². The van der Waals surface area contributed by atoms with Crippen LogP contribution in [0.25, 0.3) is 0 Å². The number of carboxylic acid groups (broad SMARTS) is 1. The summed E-state index contributed by atoms with van der Waals surface area (Å²) in [5.41, 5.74) is 0. The van der Waals surface area contributed by atoms with Crippen LogP contribution >= 0.6 is 0 Å². The highest BCUT2D eigenvalue weighted by molar-refractivity contribution is 5.32. The van der Waals surface area contributed by atoms with Crippen molar-refractivity contribution < 1.29 is 9.90 Å². The topological polar surface area (TPSA) is 78.9 Å². The van der Waals surface area contributed by atoms with Gasteiger partial charge in [0.1, 0.15) is 12.7 Å². The van der Waals surface area contributed by atoms with Crippen molar-refractivity contribution in [1.29, 1.82) is 0 Å². The summed E-state index contributed by atoms with van der Waals surface area (Å²) in [6.45, 7) is -0.250. The van der Waals surface area contributed by atoms with Crippen LogP contribution in [0.3, 0.4) is 0 Å². The third kappa shape index (κ3) is 4.61. The average Bonchev–Trinajstić information content (AvgIpc) is 2.17. The van der Waals surface area contributed by atoms with E-state index >= 15 is 0 Å². The Balaban J connectivity index is 0.000000145. The molecule has 0 aliphatic heterocycles. The molecule has 0 spiro atoms. The zero-order valence-corrected chi connectivity index (χ0v) is 3.98. The van der Waals surface area contributed by atoms with Crippen molar-refractivity contribution in [2.45, 2.75) is 0 Å². The van der Waals surface area contributed by atoms with Gasteiger partial charge in [-0.15, -0.1) is 0 Å². The fourth-order valence-corrected chi connectivity index (χ4v) is 0.167. The minimum Gasteiger partial charge on any atom is -0.483 e. The molecule has 0 saturated carbocycles. The lowest BCUT2D eigenvalue weighted by Gasteiger charge is -1.46. The molecule has 0 aliphatic rings. The number of nitrogens with zero attached hydrogens (tertiary/aromatic N) is 2. The molecule has 8 heavy (non-hydrogen) atoms. The predicted molar refractivity (Wildman–Crippen MR) is 25.1 cm³/mol. The van der Waals surface area contributed by atoms with Crippen LogP contribution < -0.4 is 0 Å². The molecule has 0 unspecified atom stereocenters. The fourth-order valence-electron chi connectivity index (χ4n) is 0.167. The summed E-state index contributed by atoms with van der Waals surface area (Å²) in [4.78, 5) is 11.9. The van der Waals surface area contributed by atoms with Gasteiger partial charge < -0.3 is 5.11 Å². The Morgan fingerprint density at radius 1 is 1.75 bits per heavy atom. The summed E-state index contributed by atoms with van der Waals surface area (Å²) >= 11 is 0. The lowest BCUT2D eigenvalue weighted by atomic mass is 11.3. The monoisotopic (exact) mass is 115 g/mol. The van der Waals surface area contributed by atoms with Gasteiger partial charge in [0.15, 0.2) is 0 Å². The van der Waals surface area contributed by atoms with E-state index in [1.54, 1.807) is 0 Å². The largest absolute Gasteiger partial charge is 0.483 e. The van der Waals surface area contributed by atoms with Crippen LogP contribution in [0.2, 0.25) is 0 Å². The maximum atomic E-state index is 8.36. The maximum absolute atomic E-state index is 8.36. The van der Waals surface area contributed by atoms with Gasteiger partial charge in [0.2, 0.25) is 0 Å². The van der Waals surface area contributed by atoms with E-state index in [2.05, 4.69) is 15.2 Å². The second kappa shape index (κ2) is 5.61. The van der Waals surface area contributed by atoms with Crippen LogP contribution in [-0.4, -0.2) is 26.8 Å². The first kappa shape index (κ1) is 6.61. The molecule has 1 aromatic rings. The molecule has 0 aromatic carbocycles. The molecule has 0 amide bonds. The van der Waals surface area contributed by atoms with E-state index in [4.69, 9.17) is 9.90 Å². The molecule has 0 radical (unpaired) electrons. The van der Waals surface area contributed by atoms with Crippen molar-refractivity contribution in [2.75, 3.05) is 0 Å². The molecule has 0 aliphatic carbocycles. The minimum absolute atomic E-state index is 0.250. The van der Waals surface area contributed by atoms with Gasteiger partial charge >= 0.3 is 0 Å². The SMILES string of the molecule is O=CO.c1nc[nH]n1. The van der Waals surface area contributed by atoms with E-state index in [-0.39, 0.29) is 6.47 Å². The van der Waals surface area contributed by atoms with Crippen molar-refractivity contribution in [3.8, 4) is 0 Å². The summed E-state index contributed by atoms with van der Waals surface area (Å²) in [6, 6.07) is 0. The first-order valence-electron chi connectivity index (χ1n) is 1.78. The van der Waals surface area contributed by atoms with E-state index in [9.17, 15) is 0 Å². The van der Waals surface area contributed by atoms with Gasteiger partial charge in [0, 0.05) is 0 Å². The highest BCUT2D eigenvalue weighted by atomic mass is 16.3. The molecule has 0 atom stereocenters. The van der Waals surface area contributed by atoms with Gasteiger partial charge in [0.05, 0.1) is 0 Å². The van der Waals surface area contributed by atoms with E-state index in [1.165, 1.54) is 12.7 Å². The van der Waals surface area contributed by atoms with Crippen LogP contribution in [0.5, 0.6) is 0 Å². The molecule has 1 rings (SSSR count). The molecule has 1 heterocycles. The van der Waals surface area contributed by atoms with Crippen LogP contribution in [0.1, 0.15) is 0 Å². The molecule has 2 N–H and O–H groups in total. The summed E-state index contributed by atoms with van der Waals surface area (Å²) < 4.78 is 0. The van der Waals surface area contributed by atoms with Gasteiger partial charge in [-0.1, -0.05) is 0 Å². The Morgan fingerprint density at radius 3 is 2.50 bits per heavy atom. The van der Waals surface area contributed by atoms with Gasteiger partial charge in [-0.3, -0.25) is 9.89 Å². The van der Waals surface area contributed by atoms with Crippen molar-refractivity contribution in [3.05, 3.63) is 12.7 Å². The number of carbonyl (C=O) groups is 1. The fraction of sp³-hybridized carbons (Fsp3) is 0. The van der Waals surface area contributed by atoms with E-state index < -0.39 is 0 Å². The lowest BCUT2D eigenvalue weighted by Crippen LogP contribution is -1.53. The third-order valence-corrected chi connectivity index (χ3v) is 0.331. The quantitative estimate of drug-likeness (QED) is 0.447. The number of aromatic amines is 1. The molecular weight excluding hydrogens is 110 g/mol. The van der Waals surface area contributed by atoms with Crippen LogP contribution in [0.15, 0.2) is 12.7 Å². The number of H-pyrrole nitrogens is 1. The molecule has 5 nitrogen and oxygen atoms in total. The van der Waals surface area contributed by atoms with Gasteiger partial charge in [-0.2, -0.15) is 5.10 Å². The zero-order valence-electron chi connectivity index (χ0n) is 3.98. The average molecular weight is 115 g/mol. The first-order chi connectivity index (χ1) is 3.91. The molecule has 0 bridgehead atoms. The molecule has 0 saturated heterocycles. The van der Waals surface area contributed by atoms with Crippen LogP contribution in [0, 0.1) is 0 Å². The predicted octanol–water partition coefficient (Wildman–Crippen LogP) is -0.494. The summed E-state index contributed by atoms with van der Waals surface area (Å²) in [6.07, 6.45) is 2.96. The maximum Gasteiger partial charge on any atom is 0.290 e. The molecule has 44 valence electrons. The van der Waals surface area contributed by atoms with Gasteiger partial charge in [-0.05, 0) is 0 Å². The van der Waals surface area contributed by atoms with Gasteiger partial charge in [-0.25, -0.2) is 4.98 Å². The second-order valence-electron chi connectivity index (χ2n) is 0.757. The second-order valence-corrected chi connectivity index (χ2v) is 0.757. The Morgan fingerprint density at radius 2 is 2.38 bits per heavy atom. The molecule has 1 aromatic heterocycles. The summed E-state index contributed by atoms with van der Waals surface area (Å²) in [5.74, 6) is 0. The molecule has 0 fully saturated rings. The van der Waals surface area contributed by atoms with E-state index in [1.807, 2.05) is 0 Å². The van der Waals surface area contributed by atoms with Crippen molar-refractivity contribution in [1.82, 2.24) is 15.2 Å². The number of hydrogen-bond donors (Lipinski definition) is 2. The van der Waals surface area contributed by atoms with Crippen molar-refractivity contribution in [3.63, 3.8) is 0 Å². The van der Waals surface area contributed by atoms with Crippen molar-refractivity contribution in [2.24, 2.45) is 0 Å². The standard InChI is InChI=1S/C2H3N3.CH2O2/c1-3-2-5-4-1;2-1-3/h1-2H,(H,3,4,5);1H,(H,2,3). The summed E-state index contributed by atoms with van der Waals surface area (Å²) in [5, 5.41) is 12.9. The minimum atomic E-state index is -0.250.